The first-order chi connectivity index (χ1) is 20.6. The maximum absolute atomic E-state index is 12.4. The highest BCUT2D eigenvalue weighted by Gasteiger charge is 2.14. The van der Waals surface area contributed by atoms with Crippen LogP contribution in [0.25, 0.3) is 0 Å². The third kappa shape index (κ3) is 32.7. The number of allylic oxidation sites excluding steroid dienone is 6. The van der Waals surface area contributed by atoms with Gasteiger partial charge in [-0.15, -0.1) is 0 Å². The van der Waals surface area contributed by atoms with Crippen LogP contribution in [0.4, 0.5) is 0 Å². The van der Waals surface area contributed by atoms with Crippen molar-refractivity contribution >= 4 is 11.9 Å². The number of ether oxygens (including phenoxy) is 1. The third-order valence-corrected chi connectivity index (χ3v) is 7.83. The summed E-state index contributed by atoms with van der Waals surface area (Å²) in [6.07, 6.45) is 43.1. The van der Waals surface area contributed by atoms with Gasteiger partial charge in [0.25, 0.3) is 0 Å². The lowest BCUT2D eigenvalue weighted by molar-refractivity contribution is -0.150. The molecule has 0 radical (unpaired) electrons. The van der Waals surface area contributed by atoms with Gasteiger partial charge in [0.05, 0.1) is 0 Å². The van der Waals surface area contributed by atoms with Crippen molar-refractivity contribution in [3.8, 4) is 0 Å². The normalized spacial score (nSPS) is 12.6. The molecule has 0 aliphatic heterocycles. The van der Waals surface area contributed by atoms with Gasteiger partial charge >= 0.3 is 11.9 Å². The summed E-state index contributed by atoms with van der Waals surface area (Å²) in [6, 6.07) is 0. The summed E-state index contributed by atoms with van der Waals surface area (Å²) >= 11 is 0. The summed E-state index contributed by atoms with van der Waals surface area (Å²) in [4.78, 5) is 23.2. The highest BCUT2D eigenvalue weighted by atomic mass is 16.5. The fraction of sp³-hybridized carbons (Fsp3) is 0.789. The molecule has 1 unspecified atom stereocenters. The number of esters is 1. The van der Waals surface area contributed by atoms with E-state index in [4.69, 9.17) is 9.84 Å². The van der Waals surface area contributed by atoms with E-state index in [0.717, 1.165) is 51.4 Å². The van der Waals surface area contributed by atoms with Gasteiger partial charge in [-0.2, -0.15) is 0 Å². The first kappa shape index (κ1) is 40.2. The zero-order chi connectivity index (χ0) is 30.8. The molecule has 0 aliphatic rings. The van der Waals surface area contributed by atoms with Gasteiger partial charge in [-0.25, -0.2) is 0 Å². The molecule has 0 aromatic rings. The predicted octanol–water partition coefficient (Wildman–Crippen LogP) is 12.2. The van der Waals surface area contributed by atoms with Crippen LogP contribution in [0, 0.1) is 0 Å². The van der Waals surface area contributed by atoms with E-state index < -0.39 is 5.97 Å². The van der Waals surface area contributed by atoms with Crippen LogP contribution in [-0.2, 0) is 14.3 Å². The molecular formula is C38H68O4. The minimum atomic E-state index is -0.749. The van der Waals surface area contributed by atoms with Crippen molar-refractivity contribution in [3.63, 3.8) is 0 Å². The molecule has 0 saturated carbocycles. The smallest absolute Gasteiger partial charge is 0.306 e. The predicted molar refractivity (Wildman–Crippen MR) is 181 cm³/mol. The molecule has 0 saturated heterocycles. The monoisotopic (exact) mass is 589 g/mol. The van der Waals surface area contributed by atoms with E-state index in [1.807, 2.05) is 0 Å². The van der Waals surface area contributed by atoms with Gasteiger partial charge in [-0.3, -0.25) is 9.59 Å². The molecule has 0 aliphatic carbocycles. The molecule has 0 amide bonds. The van der Waals surface area contributed by atoms with Crippen molar-refractivity contribution in [2.24, 2.45) is 0 Å². The van der Waals surface area contributed by atoms with E-state index in [0.29, 0.717) is 12.8 Å². The molecule has 244 valence electrons. The van der Waals surface area contributed by atoms with Gasteiger partial charge < -0.3 is 9.84 Å². The van der Waals surface area contributed by atoms with Gasteiger partial charge in [-0.1, -0.05) is 115 Å². The molecule has 0 aromatic heterocycles. The van der Waals surface area contributed by atoms with Crippen molar-refractivity contribution in [2.45, 2.75) is 193 Å². The topological polar surface area (TPSA) is 63.6 Å². The molecule has 0 heterocycles. The number of rotatable bonds is 32. The van der Waals surface area contributed by atoms with Crippen LogP contribution in [-0.4, -0.2) is 23.1 Å². The van der Waals surface area contributed by atoms with Crippen LogP contribution in [0.2, 0.25) is 0 Å². The van der Waals surface area contributed by atoms with Gasteiger partial charge in [0, 0.05) is 12.8 Å². The molecular weight excluding hydrogens is 520 g/mol. The molecule has 0 fully saturated rings. The Bertz CT molecular complexity index is 679. The highest BCUT2D eigenvalue weighted by molar-refractivity contribution is 5.69. The fourth-order valence-corrected chi connectivity index (χ4v) is 5.15. The lowest BCUT2D eigenvalue weighted by Gasteiger charge is -2.18. The van der Waals surface area contributed by atoms with Crippen LogP contribution in [0.15, 0.2) is 36.5 Å². The van der Waals surface area contributed by atoms with Crippen molar-refractivity contribution in [2.75, 3.05) is 0 Å². The summed E-state index contributed by atoms with van der Waals surface area (Å²) in [5.41, 5.74) is 0. The summed E-state index contributed by atoms with van der Waals surface area (Å²) in [5, 5.41) is 8.87. The Hall–Kier alpha value is -1.84. The Balaban J connectivity index is 3.76. The van der Waals surface area contributed by atoms with Crippen LogP contribution < -0.4 is 0 Å². The van der Waals surface area contributed by atoms with Crippen molar-refractivity contribution in [3.05, 3.63) is 36.5 Å². The fourth-order valence-electron chi connectivity index (χ4n) is 5.15. The zero-order valence-electron chi connectivity index (χ0n) is 27.8. The Labute approximate surface area is 260 Å². The number of carbonyl (C=O) groups is 2. The molecule has 0 rings (SSSR count). The molecule has 1 atom stereocenters. The van der Waals surface area contributed by atoms with Gasteiger partial charge in [0.1, 0.15) is 6.10 Å². The minimum Gasteiger partial charge on any atom is -0.481 e. The van der Waals surface area contributed by atoms with Crippen LogP contribution in [0.5, 0.6) is 0 Å². The average Bonchev–Trinajstić information content (AvgIpc) is 2.97. The zero-order valence-corrected chi connectivity index (χ0v) is 27.8. The van der Waals surface area contributed by atoms with E-state index in [2.05, 4.69) is 50.3 Å². The first-order valence-electron chi connectivity index (χ1n) is 18.0. The lowest BCUT2D eigenvalue weighted by atomic mass is 10.0. The Morgan fingerprint density at radius 2 is 0.929 bits per heavy atom. The van der Waals surface area contributed by atoms with Crippen molar-refractivity contribution in [1.29, 1.82) is 0 Å². The van der Waals surface area contributed by atoms with Crippen molar-refractivity contribution < 1.29 is 19.4 Å². The standard InChI is InChI=1S/C38H68O4/c1-3-5-7-9-11-12-13-14-15-16-17-18-19-20-21-22-23-24-25-27-29-35-38(41)42-36(33-30-31-34-37(39)40)32-28-26-10-8-6-4-2/h11-12,14-15,20-21,36H,3-10,13,16-19,22-35H2,1-2H3,(H,39,40)/b12-11-,15-14-,21-20-. The molecule has 4 nitrogen and oxygen atoms in total. The van der Waals surface area contributed by atoms with Gasteiger partial charge in [0.2, 0.25) is 0 Å². The summed E-state index contributed by atoms with van der Waals surface area (Å²) in [7, 11) is 0. The number of hydrogen-bond acceptors (Lipinski definition) is 3. The largest absolute Gasteiger partial charge is 0.481 e. The van der Waals surface area contributed by atoms with E-state index in [9.17, 15) is 9.59 Å². The first-order valence-corrected chi connectivity index (χ1v) is 18.0. The molecule has 1 N–H and O–H groups in total. The van der Waals surface area contributed by atoms with Crippen LogP contribution in [0.1, 0.15) is 187 Å². The van der Waals surface area contributed by atoms with Crippen LogP contribution in [0.3, 0.4) is 0 Å². The Kier molecular flexibility index (Phi) is 32.2. The molecule has 0 bridgehead atoms. The number of carboxylic acid groups (broad SMARTS) is 1. The maximum atomic E-state index is 12.4. The van der Waals surface area contributed by atoms with E-state index >= 15 is 0 Å². The second kappa shape index (κ2) is 33.7. The lowest BCUT2D eigenvalue weighted by Crippen LogP contribution is -2.18. The number of unbranched alkanes of at least 4 members (excludes halogenated alkanes) is 17. The third-order valence-electron chi connectivity index (χ3n) is 7.83. The highest BCUT2D eigenvalue weighted by Crippen LogP contribution is 2.17. The second-order valence-electron chi connectivity index (χ2n) is 12.0. The van der Waals surface area contributed by atoms with E-state index in [1.54, 1.807) is 0 Å². The average molecular weight is 589 g/mol. The summed E-state index contributed by atoms with van der Waals surface area (Å²) in [6.45, 7) is 4.48. The molecule has 0 spiro atoms. The molecule has 4 heteroatoms. The van der Waals surface area contributed by atoms with E-state index in [1.165, 1.54) is 103 Å². The van der Waals surface area contributed by atoms with E-state index in [-0.39, 0.29) is 18.5 Å². The number of carboxylic acids is 1. The van der Waals surface area contributed by atoms with Gasteiger partial charge in [0.15, 0.2) is 0 Å². The quantitative estimate of drug-likeness (QED) is 0.0482. The van der Waals surface area contributed by atoms with Gasteiger partial charge in [-0.05, 0) is 96.3 Å². The number of hydrogen-bond donors (Lipinski definition) is 1. The van der Waals surface area contributed by atoms with Crippen molar-refractivity contribution in [1.82, 2.24) is 0 Å². The molecule has 42 heavy (non-hydrogen) atoms. The Morgan fingerprint density at radius 1 is 0.524 bits per heavy atom. The number of carbonyl (C=O) groups excluding carboxylic acids is 1. The van der Waals surface area contributed by atoms with Crippen LogP contribution >= 0.6 is 0 Å². The number of aliphatic carboxylic acids is 1. The SMILES string of the molecule is CCCCC/C=C\C/C=C\CCCC/C=C\CCCCCCCC(=O)OC(CCCCCCCC)CCCCC(=O)O. The summed E-state index contributed by atoms with van der Waals surface area (Å²) < 4.78 is 5.83. The maximum Gasteiger partial charge on any atom is 0.306 e. The Morgan fingerprint density at radius 3 is 1.52 bits per heavy atom. The summed E-state index contributed by atoms with van der Waals surface area (Å²) in [5.74, 6) is -0.821. The second-order valence-corrected chi connectivity index (χ2v) is 12.0. The minimum absolute atomic E-state index is 0.0481. The molecule has 0 aromatic carbocycles.